The molecule has 0 spiro atoms. The van der Waals surface area contributed by atoms with Gasteiger partial charge < -0.3 is 5.11 Å². The fourth-order valence-electron chi connectivity index (χ4n) is 2.53. The lowest BCUT2D eigenvalue weighted by molar-refractivity contribution is -0.297. The molecular formula is C17H11BrClF3N2O2. The molecule has 1 aliphatic heterocycles. The molecule has 2 aromatic carbocycles. The number of amides is 1. The number of hydrogen-bond donors (Lipinski definition) is 1. The molecule has 0 aliphatic carbocycles. The fraction of sp³-hybridized carbons (Fsp3) is 0.176. The van der Waals surface area contributed by atoms with E-state index in [1.54, 1.807) is 24.3 Å². The Morgan fingerprint density at radius 1 is 1.19 bits per heavy atom. The summed E-state index contributed by atoms with van der Waals surface area (Å²) in [6, 6.07) is 12.0. The lowest BCUT2D eigenvalue weighted by Gasteiger charge is -2.32. The van der Waals surface area contributed by atoms with E-state index in [-0.39, 0.29) is 21.3 Å². The Morgan fingerprint density at radius 3 is 2.38 bits per heavy atom. The predicted octanol–water partition coefficient (Wildman–Crippen LogP) is 4.60. The number of carbonyl (C=O) groups excluding carboxylic acids is 1. The monoisotopic (exact) mass is 446 g/mol. The van der Waals surface area contributed by atoms with Crippen LogP contribution < -0.4 is 0 Å². The first-order valence-corrected chi connectivity index (χ1v) is 8.52. The molecule has 1 atom stereocenters. The van der Waals surface area contributed by atoms with Crippen LogP contribution in [0.25, 0.3) is 0 Å². The Balaban J connectivity index is 2.07. The SMILES string of the molecule is O=C(c1ccccc1Cl)N1N=C(c2ccc(Br)cc2)C[C@]1(O)C(F)(F)F. The van der Waals surface area contributed by atoms with Crippen molar-refractivity contribution in [1.29, 1.82) is 0 Å². The molecule has 9 heteroatoms. The number of aliphatic hydroxyl groups is 1. The third-order valence-electron chi connectivity index (χ3n) is 3.91. The van der Waals surface area contributed by atoms with E-state index in [0.717, 1.165) is 4.47 Å². The number of rotatable bonds is 2. The topological polar surface area (TPSA) is 52.9 Å². The van der Waals surface area contributed by atoms with E-state index in [4.69, 9.17) is 11.6 Å². The molecule has 3 rings (SSSR count). The van der Waals surface area contributed by atoms with Gasteiger partial charge in [0, 0.05) is 4.47 Å². The van der Waals surface area contributed by atoms with Crippen molar-refractivity contribution < 1.29 is 23.1 Å². The zero-order valence-electron chi connectivity index (χ0n) is 13.0. The average molecular weight is 448 g/mol. The first kappa shape index (κ1) is 18.9. The van der Waals surface area contributed by atoms with Crippen LogP contribution in [0, 0.1) is 0 Å². The van der Waals surface area contributed by atoms with Crippen molar-refractivity contribution in [3.05, 3.63) is 69.2 Å². The highest BCUT2D eigenvalue weighted by Gasteiger charge is 2.63. The van der Waals surface area contributed by atoms with Gasteiger partial charge in [-0.1, -0.05) is 51.8 Å². The van der Waals surface area contributed by atoms with Gasteiger partial charge in [0.2, 0.25) is 0 Å². The Morgan fingerprint density at radius 2 is 1.81 bits per heavy atom. The van der Waals surface area contributed by atoms with Crippen LogP contribution in [-0.4, -0.2) is 33.6 Å². The summed E-state index contributed by atoms with van der Waals surface area (Å²) in [4.78, 5) is 12.6. The zero-order valence-corrected chi connectivity index (χ0v) is 15.3. The van der Waals surface area contributed by atoms with E-state index in [9.17, 15) is 23.1 Å². The molecule has 1 aliphatic rings. The second kappa shape index (κ2) is 6.68. The van der Waals surface area contributed by atoms with Gasteiger partial charge in [0.05, 0.1) is 22.7 Å². The minimum absolute atomic E-state index is 0.0330. The molecule has 1 heterocycles. The van der Waals surface area contributed by atoms with E-state index < -0.39 is 24.2 Å². The Hall–Kier alpha value is -1.90. The summed E-state index contributed by atoms with van der Waals surface area (Å²) in [5, 5.41) is 14.1. The largest absolute Gasteiger partial charge is 0.438 e. The second-order valence-corrected chi connectivity index (χ2v) is 6.96. The number of benzene rings is 2. The Labute approximate surface area is 160 Å². The normalized spacial score (nSPS) is 20.2. The van der Waals surface area contributed by atoms with Crippen LogP contribution in [0.5, 0.6) is 0 Å². The minimum atomic E-state index is -5.11. The van der Waals surface area contributed by atoms with Gasteiger partial charge >= 0.3 is 6.18 Å². The van der Waals surface area contributed by atoms with E-state index >= 15 is 0 Å². The van der Waals surface area contributed by atoms with Crippen LogP contribution in [-0.2, 0) is 0 Å². The summed E-state index contributed by atoms with van der Waals surface area (Å²) in [5.74, 6) is -1.14. The molecule has 4 nitrogen and oxygen atoms in total. The number of nitrogens with zero attached hydrogens (tertiary/aromatic N) is 2. The first-order valence-electron chi connectivity index (χ1n) is 7.35. The summed E-state index contributed by atoms with van der Waals surface area (Å²) in [7, 11) is 0. The second-order valence-electron chi connectivity index (χ2n) is 5.64. The van der Waals surface area contributed by atoms with Gasteiger partial charge in [-0.2, -0.15) is 23.3 Å². The van der Waals surface area contributed by atoms with Crippen molar-refractivity contribution >= 4 is 39.1 Å². The smallest absolute Gasteiger partial charge is 0.362 e. The number of halogens is 5. The van der Waals surface area contributed by atoms with E-state index in [0.29, 0.717) is 5.56 Å². The summed E-state index contributed by atoms with van der Waals surface area (Å²) in [6.45, 7) is 0. The lowest BCUT2D eigenvalue weighted by Crippen LogP contribution is -2.56. The molecule has 0 aromatic heterocycles. The van der Waals surface area contributed by atoms with Gasteiger partial charge in [0.25, 0.3) is 11.6 Å². The van der Waals surface area contributed by atoms with Crippen molar-refractivity contribution in [3.63, 3.8) is 0 Å². The van der Waals surface area contributed by atoms with Crippen molar-refractivity contribution in [2.24, 2.45) is 5.10 Å². The van der Waals surface area contributed by atoms with Gasteiger partial charge in [-0.15, -0.1) is 0 Å². The molecule has 136 valence electrons. The predicted molar refractivity (Wildman–Crippen MR) is 93.9 cm³/mol. The summed E-state index contributed by atoms with van der Waals surface area (Å²) >= 11 is 9.15. The van der Waals surface area contributed by atoms with Gasteiger partial charge in [-0.25, -0.2) is 0 Å². The summed E-state index contributed by atoms with van der Waals surface area (Å²) in [5.41, 5.74) is -3.33. The number of carbonyl (C=O) groups is 1. The van der Waals surface area contributed by atoms with Gasteiger partial charge in [-0.3, -0.25) is 4.79 Å². The van der Waals surface area contributed by atoms with Crippen molar-refractivity contribution in [2.45, 2.75) is 18.3 Å². The molecule has 0 bridgehead atoms. The number of alkyl halides is 3. The molecule has 1 amide bonds. The summed E-state index contributed by atoms with van der Waals surface area (Å²) in [6.07, 6.45) is -5.99. The zero-order chi connectivity index (χ0) is 19.1. The van der Waals surface area contributed by atoms with Gasteiger partial charge in [-0.05, 0) is 29.8 Å². The maximum atomic E-state index is 13.6. The standard InChI is InChI=1S/C17H11BrClF3N2O2/c18-11-7-5-10(6-8-11)14-9-16(26,17(20,21)22)24(23-14)15(25)12-3-1-2-4-13(12)19/h1-8,26H,9H2/t16-/m0/s1. The van der Waals surface area contributed by atoms with Crippen molar-refractivity contribution in [1.82, 2.24) is 5.01 Å². The minimum Gasteiger partial charge on any atom is -0.362 e. The van der Waals surface area contributed by atoms with E-state index in [1.807, 2.05) is 0 Å². The first-order chi connectivity index (χ1) is 12.1. The van der Waals surface area contributed by atoms with Crippen LogP contribution in [0.3, 0.4) is 0 Å². The van der Waals surface area contributed by atoms with Crippen LogP contribution in [0.1, 0.15) is 22.3 Å². The third-order valence-corrected chi connectivity index (χ3v) is 4.77. The third kappa shape index (κ3) is 3.24. The van der Waals surface area contributed by atoms with Gasteiger partial charge in [0.1, 0.15) is 0 Å². The molecule has 0 radical (unpaired) electrons. The van der Waals surface area contributed by atoms with Crippen LogP contribution in [0.2, 0.25) is 5.02 Å². The van der Waals surface area contributed by atoms with Crippen LogP contribution in [0.15, 0.2) is 58.1 Å². The molecule has 2 aromatic rings. The van der Waals surface area contributed by atoms with Crippen molar-refractivity contribution in [2.75, 3.05) is 0 Å². The van der Waals surface area contributed by atoms with E-state index in [1.165, 1.54) is 24.3 Å². The van der Waals surface area contributed by atoms with Crippen molar-refractivity contribution in [3.8, 4) is 0 Å². The number of hydrazone groups is 1. The molecule has 1 N–H and O–H groups in total. The maximum Gasteiger partial charge on any atom is 0.438 e. The summed E-state index contributed by atoms with van der Waals surface area (Å²) < 4.78 is 41.4. The fourth-order valence-corrected chi connectivity index (χ4v) is 3.01. The highest BCUT2D eigenvalue weighted by atomic mass is 79.9. The highest BCUT2D eigenvalue weighted by molar-refractivity contribution is 9.10. The molecule has 0 unspecified atom stereocenters. The Bertz CT molecular complexity index is 886. The van der Waals surface area contributed by atoms with Crippen LogP contribution >= 0.6 is 27.5 Å². The van der Waals surface area contributed by atoms with Gasteiger partial charge in [0.15, 0.2) is 0 Å². The number of hydrogen-bond acceptors (Lipinski definition) is 3. The molecular weight excluding hydrogens is 437 g/mol. The van der Waals surface area contributed by atoms with Crippen LogP contribution in [0.4, 0.5) is 13.2 Å². The molecule has 26 heavy (non-hydrogen) atoms. The highest BCUT2D eigenvalue weighted by Crippen LogP contribution is 2.42. The molecule has 0 fully saturated rings. The van der Waals surface area contributed by atoms with E-state index in [2.05, 4.69) is 21.0 Å². The lowest BCUT2D eigenvalue weighted by atomic mass is 10.0. The Kier molecular flexibility index (Phi) is 4.85. The molecule has 0 saturated carbocycles. The average Bonchev–Trinajstić information content (AvgIpc) is 2.94. The maximum absolute atomic E-state index is 13.6. The molecule has 0 saturated heterocycles. The quantitative estimate of drug-likeness (QED) is 0.731.